The molecule has 0 spiro atoms. The smallest absolute Gasteiger partial charge is 0.151 e. The van der Waals surface area contributed by atoms with Crippen LogP contribution in [-0.2, 0) is 19.4 Å². The van der Waals surface area contributed by atoms with Gasteiger partial charge in [0.05, 0.1) is 17.7 Å². The molecule has 0 N–H and O–H groups in total. The number of aromatic nitrogens is 4. The molecule has 5 rings (SSSR count). The predicted molar refractivity (Wildman–Crippen MR) is 92.0 cm³/mol. The van der Waals surface area contributed by atoms with E-state index in [2.05, 4.69) is 42.7 Å². The van der Waals surface area contributed by atoms with E-state index in [1.165, 1.54) is 42.6 Å². The Morgan fingerprint density at radius 3 is 2.92 bits per heavy atom. The van der Waals surface area contributed by atoms with Crippen molar-refractivity contribution >= 4 is 5.82 Å². The van der Waals surface area contributed by atoms with Crippen LogP contribution in [0.4, 0.5) is 5.82 Å². The van der Waals surface area contributed by atoms with E-state index < -0.39 is 0 Å². The maximum Gasteiger partial charge on any atom is 0.151 e. The zero-order chi connectivity index (χ0) is 16.1. The molecule has 3 heterocycles. The maximum absolute atomic E-state index is 4.43. The van der Waals surface area contributed by atoms with Crippen LogP contribution < -0.4 is 4.90 Å². The average molecular weight is 324 g/mol. The van der Waals surface area contributed by atoms with E-state index in [1.807, 2.05) is 12.5 Å². The Bertz CT molecular complexity index is 744. The van der Waals surface area contributed by atoms with Crippen LogP contribution in [0, 0.1) is 0 Å². The summed E-state index contributed by atoms with van der Waals surface area (Å²) in [4.78, 5) is 9.15. The second kappa shape index (κ2) is 5.55. The van der Waals surface area contributed by atoms with Gasteiger partial charge in [-0.05, 0) is 50.8 Å². The summed E-state index contributed by atoms with van der Waals surface area (Å²) in [6.45, 7) is 3.06. The minimum absolute atomic E-state index is 0.586. The molecule has 2 aromatic heterocycles. The van der Waals surface area contributed by atoms with Crippen LogP contribution in [0.3, 0.4) is 0 Å². The highest BCUT2D eigenvalue weighted by Crippen LogP contribution is 2.36. The van der Waals surface area contributed by atoms with Crippen molar-refractivity contribution in [2.75, 3.05) is 25.0 Å². The number of rotatable bonds is 5. The Hall–Kier alpha value is -1.95. The van der Waals surface area contributed by atoms with Gasteiger partial charge < -0.3 is 9.47 Å². The van der Waals surface area contributed by atoms with Gasteiger partial charge in [-0.3, -0.25) is 4.90 Å². The molecular formula is C18H24N6. The quantitative estimate of drug-likeness (QED) is 0.840. The second-order valence-electron chi connectivity index (χ2n) is 7.53. The first kappa shape index (κ1) is 14.4. The molecule has 1 aliphatic heterocycles. The number of hydrogen-bond acceptors (Lipinski definition) is 5. The van der Waals surface area contributed by atoms with Gasteiger partial charge in [-0.25, -0.2) is 4.98 Å². The number of hydrogen-bond donors (Lipinski definition) is 0. The van der Waals surface area contributed by atoms with Crippen LogP contribution in [0.5, 0.6) is 0 Å². The van der Waals surface area contributed by atoms with Gasteiger partial charge in [-0.15, -0.1) is 5.10 Å². The molecule has 1 saturated heterocycles. The molecule has 2 aromatic rings. The third kappa shape index (κ3) is 2.49. The third-order valence-corrected chi connectivity index (χ3v) is 5.71. The Balaban J connectivity index is 1.20. The Labute approximate surface area is 142 Å². The Morgan fingerprint density at radius 1 is 1.21 bits per heavy atom. The van der Waals surface area contributed by atoms with Crippen LogP contribution >= 0.6 is 0 Å². The van der Waals surface area contributed by atoms with Crippen molar-refractivity contribution < 1.29 is 0 Å². The van der Waals surface area contributed by atoms with E-state index in [9.17, 15) is 0 Å². The zero-order valence-electron chi connectivity index (χ0n) is 14.2. The number of nitrogens with zero attached hydrogens (tertiary/aromatic N) is 6. The molecule has 1 saturated carbocycles. The lowest BCUT2D eigenvalue weighted by atomic mass is 10.1. The fourth-order valence-corrected chi connectivity index (χ4v) is 3.91. The molecule has 3 aliphatic rings. The van der Waals surface area contributed by atoms with E-state index in [1.54, 1.807) is 0 Å². The standard InChI is InChI=1S/C18H24N6/c1-22(9-15-8-19-12-24(15)14-5-6-14)16-10-23(11-16)18-7-13-3-2-4-17(13)20-21-18/h7-8,12,14,16H,2-6,9-11H2,1H3. The Morgan fingerprint density at radius 2 is 2.08 bits per heavy atom. The minimum atomic E-state index is 0.586. The Kier molecular flexibility index (Phi) is 3.33. The van der Waals surface area contributed by atoms with Gasteiger partial charge >= 0.3 is 0 Å². The highest BCUT2D eigenvalue weighted by atomic mass is 15.4. The van der Waals surface area contributed by atoms with Gasteiger partial charge in [-0.2, -0.15) is 5.10 Å². The third-order valence-electron chi connectivity index (χ3n) is 5.71. The van der Waals surface area contributed by atoms with Crippen molar-refractivity contribution in [2.45, 2.75) is 50.7 Å². The second-order valence-corrected chi connectivity index (χ2v) is 7.53. The molecule has 126 valence electrons. The van der Waals surface area contributed by atoms with Gasteiger partial charge in [0.15, 0.2) is 5.82 Å². The first-order valence-corrected chi connectivity index (χ1v) is 9.09. The van der Waals surface area contributed by atoms with Crippen LogP contribution in [0.1, 0.15) is 42.3 Å². The van der Waals surface area contributed by atoms with Gasteiger partial charge in [0, 0.05) is 37.9 Å². The maximum atomic E-state index is 4.43. The lowest BCUT2D eigenvalue weighted by molar-refractivity contribution is 0.192. The van der Waals surface area contributed by atoms with E-state index in [0.29, 0.717) is 12.1 Å². The number of fused-ring (bicyclic) bond motifs is 1. The monoisotopic (exact) mass is 324 g/mol. The highest BCUT2D eigenvalue weighted by Gasteiger charge is 2.33. The lowest BCUT2D eigenvalue weighted by Crippen LogP contribution is -2.58. The summed E-state index contributed by atoms with van der Waals surface area (Å²) in [5.74, 6) is 1.06. The van der Waals surface area contributed by atoms with Crippen molar-refractivity contribution in [1.82, 2.24) is 24.6 Å². The summed E-state index contributed by atoms with van der Waals surface area (Å²) in [6.07, 6.45) is 10.1. The summed E-state index contributed by atoms with van der Waals surface area (Å²) in [6, 6.07) is 3.55. The van der Waals surface area contributed by atoms with Gasteiger partial charge in [0.25, 0.3) is 0 Å². The average Bonchev–Trinajstić information content (AvgIpc) is 3.09. The van der Waals surface area contributed by atoms with Crippen molar-refractivity contribution in [3.63, 3.8) is 0 Å². The topological polar surface area (TPSA) is 50.1 Å². The summed E-state index contributed by atoms with van der Waals surface area (Å²) in [5, 5.41) is 8.84. The summed E-state index contributed by atoms with van der Waals surface area (Å²) in [5.41, 5.74) is 3.96. The van der Waals surface area contributed by atoms with Crippen LogP contribution in [0.15, 0.2) is 18.6 Å². The van der Waals surface area contributed by atoms with Crippen LogP contribution in [0.2, 0.25) is 0 Å². The number of likely N-dealkylation sites (N-methyl/N-ethyl adjacent to an activating group) is 1. The van der Waals surface area contributed by atoms with Crippen LogP contribution in [-0.4, -0.2) is 50.8 Å². The molecule has 0 unspecified atom stereocenters. The molecule has 0 radical (unpaired) electrons. The highest BCUT2D eigenvalue weighted by molar-refractivity contribution is 5.45. The first-order valence-electron chi connectivity index (χ1n) is 9.09. The van der Waals surface area contributed by atoms with E-state index in [-0.39, 0.29) is 0 Å². The summed E-state index contributed by atoms with van der Waals surface area (Å²) < 4.78 is 2.36. The zero-order valence-corrected chi connectivity index (χ0v) is 14.2. The lowest BCUT2D eigenvalue weighted by Gasteiger charge is -2.44. The van der Waals surface area contributed by atoms with Crippen molar-refractivity contribution in [2.24, 2.45) is 0 Å². The van der Waals surface area contributed by atoms with Gasteiger partial charge in [0.2, 0.25) is 0 Å². The first-order chi connectivity index (χ1) is 11.8. The summed E-state index contributed by atoms with van der Waals surface area (Å²) >= 11 is 0. The molecule has 0 atom stereocenters. The molecule has 6 heteroatoms. The fourth-order valence-electron chi connectivity index (χ4n) is 3.91. The van der Waals surface area contributed by atoms with Gasteiger partial charge in [-0.1, -0.05) is 0 Å². The SMILES string of the molecule is CN(Cc1cncn1C1CC1)C1CN(c2cc3c(nn2)CCC3)C1. The summed E-state index contributed by atoms with van der Waals surface area (Å²) in [7, 11) is 2.22. The predicted octanol–water partition coefficient (Wildman–Crippen LogP) is 1.82. The van der Waals surface area contributed by atoms with Gasteiger partial charge in [0.1, 0.15) is 0 Å². The molecule has 2 fully saturated rings. The minimum Gasteiger partial charge on any atom is -0.352 e. The molecule has 0 amide bonds. The van der Waals surface area contributed by atoms with Crippen molar-refractivity contribution in [3.8, 4) is 0 Å². The van der Waals surface area contributed by atoms with Crippen molar-refractivity contribution in [1.29, 1.82) is 0 Å². The number of anilines is 1. The number of imidazole rings is 1. The largest absolute Gasteiger partial charge is 0.352 e. The normalized spacial score (nSPS) is 20.5. The molecule has 6 nitrogen and oxygen atoms in total. The molecule has 0 aromatic carbocycles. The molecular weight excluding hydrogens is 300 g/mol. The molecule has 24 heavy (non-hydrogen) atoms. The molecule has 2 aliphatic carbocycles. The fraction of sp³-hybridized carbons (Fsp3) is 0.611. The van der Waals surface area contributed by atoms with E-state index >= 15 is 0 Å². The van der Waals surface area contributed by atoms with E-state index in [4.69, 9.17) is 0 Å². The molecule has 0 bridgehead atoms. The van der Waals surface area contributed by atoms with E-state index in [0.717, 1.165) is 31.9 Å². The number of aryl methyl sites for hydroxylation is 2. The van der Waals surface area contributed by atoms with Crippen LogP contribution in [0.25, 0.3) is 0 Å². The van der Waals surface area contributed by atoms with Crippen molar-refractivity contribution in [3.05, 3.63) is 35.5 Å².